The molecule has 0 saturated heterocycles. The van der Waals surface area contributed by atoms with Crippen molar-refractivity contribution in [2.24, 2.45) is 5.73 Å². The van der Waals surface area contributed by atoms with Gasteiger partial charge < -0.3 is 5.73 Å². The number of nitrogens with two attached hydrogens (primary N) is 1. The summed E-state index contributed by atoms with van der Waals surface area (Å²) in [4.78, 5) is 0.258. The average molecular weight is 283 g/mol. The van der Waals surface area contributed by atoms with Crippen LogP contribution in [-0.4, -0.2) is 0 Å². The minimum Gasteiger partial charge on any atom is -0.324 e. The molecule has 0 aliphatic heterocycles. The van der Waals surface area contributed by atoms with Gasteiger partial charge >= 0.3 is 0 Å². The maximum absolute atomic E-state index is 13.8. The van der Waals surface area contributed by atoms with Crippen LogP contribution in [0.15, 0.2) is 46.2 Å². The van der Waals surface area contributed by atoms with E-state index in [0.29, 0.717) is 5.56 Å². The van der Waals surface area contributed by atoms with Crippen LogP contribution < -0.4 is 5.73 Å². The standard InChI is InChI=1S/C14H12F3NS/c1-8(18)10-3-2-4-12(17)14(10)19-13-7-9(15)5-6-11(13)16/h2-8H,18H2,1H3/t8-/m0/s1. The number of benzene rings is 2. The molecule has 2 aromatic rings. The Bertz CT molecular complexity index is 599. The molecule has 0 aliphatic rings. The summed E-state index contributed by atoms with van der Waals surface area (Å²) >= 11 is 0.840. The fourth-order valence-electron chi connectivity index (χ4n) is 1.66. The molecule has 0 heterocycles. The topological polar surface area (TPSA) is 26.0 Å². The summed E-state index contributed by atoms with van der Waals surface area (Å²) in [7, 11) is 0. The van der Waals surface area contributed by atoms with Gasteiger partial charge in [0.2, 0.25) is 0 Å². The lowest BCUT2D eigenvalue weighted by atomic mass is 10.1. The van der Waals surface area contributed by atoms with Crippen LogP contribution in [0, 0.1) is 17.5 Å². The van der Waals surface area contributed by atoms with E-state index < -0.39 is 23.5 Å². The number of halogens is 3. The highest BCUT2D eigenvalue weighted by Gasteiger charge is 2.15. The van der Waals surface area contributed by atoms with Crippen LogP contribution in [0.25, 0.3) is 0 Å². The van der Waals surface area contributed by atoms with Crippen molar-refractivity contribution in [3.63, 3.8) is 0 Å². The van der Waals surface area contributed by atoms with Gasteiger partial charge in [-0.3, -0.25) is 0 Å². The summed E-state index contributed by atoms with van der Waals surface area (Å²) in [6.07, 6.45) is 0. The van der Waals surface area contributed by atoms with Gasteiger partial charge in [-0.2, -0.15) is 0 Å². The third kappa shape index (κ3) is 3.11. The second-order valence-corrected chi connectivity index (χ2v) is 5.18. The summed E-state index contributed by atoms with van der Waals surface area (Å²) in [5.41, 5.74) is 6.32. The molecule has 0 aliphatic carbocycles. The third-order valence-corrected chi connectivity index (χ3v) is 3.76. The summed E-state index contributed by atoms with van der Waals surface area (Å²) in [5, 5.41) is 0. The van der Waals surface area contributed by atoms with Crippen molar-refractivity contribution in [2.75, 3.05) is 0 Å². The highest BCUT2D eigenvalue weighted by molar-refractivity contribution is 7.99. The minimum atomic E-state index is -0.592. The fourth-order valence-corrected chi connectivity index (χ4v) is 2.75. The second kappa shape index (κ2) is 5.67. The molecule has 2 N–H and O–H groups in total. The molecule has 2 rings (SSSR count). The van der Waals surface area contributed by atoms with Crippen LogP contribution in [0.5, 0.6) is 0 Å². The first-order valence-electron chi connectivity index (χ1n) is 5.66. The van der Waals surface area contributed by atoms with E-state index in [4.69, 9.17) is 5.73 Å². The molecule has 0 amide bonds. The molecule has 1 nitrogen and oxygen atoms in total. The summed E-state index contributed by atoms with van der Waals surface area (Å²) in [5.74, 6) is -1.66. The Balaban J connectivity index is 2.46. The first-order valence-corrected chi connectivity index (χ1v) is 6.47. The van der Waals surface area contributed by atoms with E-state index in [-0.39, 0.29) is 9.79 Å². The van der Waals surface area contributed by atoms with Crippen molar-refractivity contribution in [1.29, 1.82) is 0 Å². The largest absolute Gasteiger partial charge is 0.324 e. The van der Waals surface area contributed by atoms with E-state index in [1.165, 1.54) is 6.07 Å². The van der Waals surface area contributed by atoms with E-state index in [1.807, 2.05) is 0 Å². The molecule has 0 aromatic heterocycles. The molecule has 0 bridgehead atoms. The molecule has 1 atom stereocenters. The van der Waals surface area contributed by atoms with Gasteiger partial charge in [0.15, 0.2) is 0 Å². The van der Waals surface area contributed by atoms with Crippen molar-refractivity contribution in [1.82, 2.24) is 0 Å². The van der Waals surface area contributed by atoms with Crippen molar-refractivity contribution in [3.05, 3.63) is 59.4 Å². The van der Waals surface area contributed by atoms with E-state index in [9.17, 15) is 13.2 Å². The zero-order valence-electron chi connectivity index (χ0n) is 10.2. The van der Waals surface area contributed by atoms with Crippen LogP contribution in [0.1, 0.15) is 18.5 Å². The lowest BCUT2D eigenvalue weighted by Crippen LogP contribution is -2.07. The van der Waals surface area contributed by atoms with Crippen LogP contribution in [-0.2, 0) is 0 Å². The lowest BCUT2D eigenvalue weighted by Gasteiger charge is -2.13. The van der Waals surface area contributed by atoms with E-state index in [2.05, 4.69) is 0 Å². The molecule has 19 heavy (non-hydrogen) atoms. The van der Waals surface area contributed by atoms with Crippen molar-refractivity contribution < 1.29 is 13.2 Å². The molecule has 2 aromatic carbocycles. The molecular formula is C14H12F3NS. The van der Waals surface area contributed by atoms with Crippen LogP contribution in [0.4, 0.5) is 13.2 Å². The second-order valence-electron chi connectivity index (χ2n) is 4.12. The Labute approximate surface area is 113 Å². The van der Waals surface area contributed by atoms with Crippen molar-refractivity contribution in [2.45, 2.75) is 22.8 Å². The maximum atomic E-state index is 13.8. The van der Waals surface area contributed by atoms with E-state index in [1.54, 1.807) is 19.1 Å². The van der Waals surface area contributed by atoms with Gasteiger partial charge in [0.25, 0.3) is 0 Å². The Morgan fingerprint density at radius 3 is 2.47 bits per heavy atom. The predicted molar refractivity (Wildman–Crippen MR) is 69.5 cm³/mol. The number of rotatable bonds is 3. The predicted octanol–water partition coefficient (Wildman–Crippen LogP) is 4.27. The highest BCUT2D eigenvalue weighted by atomic mass is 32.2. The first-order chi connectivity index (χ1) is 8.99. The monoisotopic (exact) mass is 283 g/mol. The lowest BCUT2D eigenvalue weighted by molar-refractivity contribution is 0.574. The van der Waals surface area contributed by atoms with E-state index >= 15 is 0 Å². The first kappa shape index (κ1) is 14.0. The molecule has 5 heteroatoms. The maximum Gasteiger partial charge on any atom is 0.137 e. The van der Waals surface area contributed by atoms with Gasteiger partial charge in [0.1, 0.15) is 17.5 Å². The Hall–Kier alpha value is -1.46. The van der Waals surface area contributed by atoms with Gasteiger partial charge in [-0.1, -0.05) is 23.9 Å². The summed E-state index contributed by atoms with van der Waals surface area (Å²) in [6.45, 7) is 1.71. The molecular weight excluding hydrogens is 271 g/mol. The van der Waals surface area contributed by atoms with Crippen LogP contribution >= 0.6 is 11.8 Å². The Morgan fingerprint density at radius 1 is 1.05 bits per heavy atom. The molecule has 0 spiro atoms. The molecule has 0 unspecified atom stereocenters. The number of hydrogen-bond acceptors (Lipinski definition) is 2. The average Bonchev–Trinajstić information content (AvgIpc) is 2.35. The SMILES string of the molecule is C[C@H](N)c1cccc(F)c1Sc1cc(F)ccc1F. The van der Waals surface area contributed by atoms with Crippen molar-refractivity contribution in [3.8, 4) is 0 Å². The van der Waals surface area contributed by atoms with Crippen LogP contribution in [0.2, 0.25) is 0 Å². The van der Waals surface area contributed by atoms with E-state index in [0.717, 1.165) is 30.0 Å². The Kier molecular flexibility index (Phi) is 4.17. The summed E-state index contributed by atoms with van der Waals surface area (Å²) in [6, 6.07) is 7.17. The molecule has 0 radical (unpaired) electrons. The smallest absolute Gasteiger partial charge is 0.137 e. The Morgan fingerprint density at radius 2 is 1.79 bits per heavy atom. The summed E-state index contributed by atoms with van der Waals surface area (Å²) < 4.78 is 40.5. The molecule has 0 saturated carbocycles. The van der Waals surface area contributed by atoms with Crippen molar-refractivity contribution >= 4 is 11.8 Å². The minimum absolute atomic E-state index is 0.0343. The third-order valence-electron chi connectivity index (χ3n) is 2.59. The van der Waals surface area contributed by atoms with Gasteiger partial charge in [0.05, 0.1) is 9.79 Å². The van der Waals surface area contributed by atoms with Gasteiger partial charge in [-0.25, -0.2) is 13.2 Å². The highest BCUT2D eigenvalue weighted by Crippen LogP contribution is 2.36. The zero-order valence-corrected chi connectivity index (χ0v) is 11.0. The van der Waals surface area contributed by atoms with Gasteiger partial charge in [-0.05, 0) is 36.8 Å². The molecule has 0 fully saturated rings. The molecule has 100 valence electrons. The van der Waals surface area contributed by atoms with Crippen LogP contribution in [0.3, 0.4) is 0 Å². The quantitative estimate of drug-likeness (QED) is 0.910. The number of hydrogen-bond donors (Lipinski definition) is 1. The van der Waals surface area contributed by atoms with Gasteiger partial charge in [0, 0.05) is 6.04 Å². The zero-order chi connectivity index (χ0) is 14.0. The van der Waals surface area contributed by atoms with Gasteiger partial charge in [-0.15, -0.1) is 0 Å². The fraction of sp³-hybridized carbons (Fsp3) is 0.143. The normalized spacial score (nSPS) is 12.5.